The molecule has 5 nitrogen and oxygen atoms in total. The van der Waals surface area contributed by atoms with Gasteiger partial charge in [-0.3, -0.25) is 0 Å². The predicted octanol–water partition coefficient (Wildman–Crippen LogP) is 2.37. The summed E-state index contributed by atoms with van der Waals surface area (Å²) >= 11 is 0. The molecule has 0 aliphatic rings. The van der Waals surface area contributed by atoms with E-state index in [-0.39, 0.29) is 29.5 Å². The largest absolute Gasteiger partial charge is 0.443 e. The van der Waals surface area contributed by atoms with Gasteiger partial charge in [0.15, 0.2) is 11.9 Å². The van der Waals surface area contributed by atoms with Crippen molar-refractivity contribution in [1.29, 1.82) is 0 Å². The van der Waals surface area contributed by atoms with E-state index in [9.17, 15) is 0 Å². The molecule has 0 spiro atoms. The number of guanidine groups is 1. The van der Waals surface area contributed by atoms with E-state index in [0.717, 1.165) is 23.8 Å². The zero-order valence-electron chi connectivity index (χ0n) is 11.7. The average Bonchev–Trinajstić information content (AvgIpc) is 2.54. The van der Waals surface area contributed by atoms with E-state index >= 15 is 0 Å². The molecule has 0 aliphatic heterocycles. The van der Waals surface area contributed by atoms with E-state index in [2.05, 4.69) is 15.3 Å². The molecule has 104 valence electrons. The molecule has 6 heteroatoms. The van der Waals surface area contributed by atoms with E-state index < -0.39 is 0 Å². The molecule has 18 heavy (non-hydrogen) atoms. The van der Waals surface area contributed by atoms with E-state index in [1.807, 2.05) is 34.6 Å². The van der Waals surface area contributed by atoms with Crippen LogP contribution in [0.2, 0.25) is 0 Å². The van der Waals surface area contributed by atoms with E-state index in [4.69, 9.17) is 10.2 Å². The maximum absolute atomic E-state index is 5.77. The van der Waals surface area contributed by atoms with Crippen molar-refractivity contribution in [3.63, 3.8) is 0 Å². The van der Waals surface area contributed by atoms with Gasteiger partial charge in [0.05, 0.1) is 5.69 Å². The second-order valence-corrected chi connectivity index (χ2v) is 5.05. The van der Waals surface area contributed by atoms with Crippen LogP contribution in [0.1, 0.15) is 45.0 Å². The molecule has 1 heterocycles. The van der Waals surface area contributed by atoms with Crippen molar-refractivity contribution >= 4 is 29.9 Å². The maximum atomic E-state index is 5.77. The molecule has 0 amide bonds. The minimum absolute atomic E-state index is 0. The highest BCUT2D eigenvalue weighted by Gasteiger charge is 2.11. The van der Waals surface area contributed by atoms with Gasteiger partial charge in [-0.1, -0.05) is 6.92 Å². The van der Waals surface area contributed by atoms with Gasteiger partial charge in [-0.15, -0.1) is 24.0 Å². The van der Waals surface area contributed by atoms with Crippen LogP contribution in [0.15, 0.2) is 9.41 Å². The first-order valence-electron chi connectivity index (χ1n) is 5.85. The first-order chi connectivity index (χ1) is 7.81. The van der Waals surface area contributed by atoms with Crippen molar-refractivity contribution in [3.05, 3.63) is 17.3 Å². The van der Waals surface area contributed by atoms with Gasteiger partial charge >= 0.3 is 0 Å². The summed E-state index contributed by atoms with van der Waals surface area (Å²) in [5.74, 6) is 1.95. The minimum Gasteiger partial charge on any atom is -0.443 e. The Morgan fingerprint density at radius 3 is 2.50 bits per heavy atom. The zero-order chi connectivity index (χ0) is 13.1. The third kappa shape index (κ3) is 5.70. The summed E-state index contributed by atoms with van der Waals surface area (Å²) in [6, 6.07) is 0. The zero-order valence-corrected chi connectivity index (χ0v) is 14.0. The lowest BCUT2D eigenvalue weighted by atomic mass is 10.1. The van der Waals surface area contributed by atoms with Gasteiger partial charge in [-0.2, -0.15) is 0 Å². The van der Waals surface area contributed by atoms with Crippen molar-refractivity contribution in [2.24, 2.45) is 10.7 Å². The smallest absolute Gasteiger partial charge is 0.194 e. The van der Waals surface area contributed by atoms with Gasteiger partial charge < -0.3 is 15.5 Å². The molecule has 0 unspecified atom stereocenters. The van der Waals surface area contributed by atoms with E-state index in [1.165, 1.54) is 0 Å². The normalized spacial score (nSPS) is 12.2. The summed E-state index contributed by atoms with van der Waals surface area (Å²) in [5.41, 5.74) is 6.57. The van der Waals surface area contributed by atoms with E-state index in [0.29, 0.717) is 12.5 Å². The molecule has 1 rings (SSSR count). The van der Waals surface area contributed by atoms with Gasteiger partial charge in [0, 0.05) is 12.0 Å². The summed E-state index contributed by atoms with van der Waals surface area (Å²) in [6.45, 7) is 10.4. The van der Waals surface area contributed by atoms with Crippen molar-refractivity contribution in [3.8, 4) is 0 Å². The molecule has 0 aromatic carbocycles. The quantitative estimate of drug-likeness (QED) is 0.489. The highest BCUT2D eigenvalue weighted by Crippen LogP contribution is 2.11. The van der Waals surface area contributed by atoms with Crippen molar-refractivity contribution in [1.82, 2.24) is 10.3 Å². The summed E-state index contributed by atoms with van der Waals surface area (Å²) in [5, 5.41) is 3.10. The number of nitrogens with zero attached hydrogens (tertiary/aromatic N) is 2. The Balaban J connectivity index is 0.00000289. The highest BCUT2D eigenvalue weighted by molar-refractivity contribution is 14.0. The Labute approximate surface area is 126 Å². The number of rotatable bonds is 3. The molecule has 3 N–H and O–H groups in total. The molecule has 1 aromatic heterocycles. The topological polar surface area (TPSA) is 76.4 Å². The molecule has 1 aromatic rings. The average molecular weight is 366 g/mol. The molecule has 0 atom stereocenters. The van der Waals surface area contributed by atoms with Crippen molar-refractivity contribution in [2.45, 2.75) is 53.1 Å². The summed E-state index contributed by atoms with van der Waals surface area (Å²) in [4.78, 5) is 8.52. The number of aromatic nitrogens is 1. The van der Waals surface area contributed by atoms with Crippen LogP contribution < -0.4 is 11.1 Å². The van der Waals surface area contributed by atoms with Crippen LogP contribution in [0, 0.1) is 6.92 Å². The Kier molecular flexibility index (Phi) is 6.66. The monoisotopic (exact) mass is 366 g/mol. The number of aryl methyl sites for hydroxylation is 2. The van der Waals surface area contributed by atoms with Crippen LogP contribution in [0.5, 0.6) is 0 Å². The molecule has 0 radical (unpaired) electrons. The summed E-state index contributed by atoms with van der Waals surface area (Å²) in [7, 11) is 0. The van der Waals surface area contributed by atoms with Crippen molar-refractivity contribution < 1.29 is 4.42 Å². The molecule has 0 bridgehead atoms. The molecule has 0 fully saturated rings. The van der Waals surface area contributed by atoms with Crippen LogP contribution in [-0.4, -0.2) is 16.5 Å². The second-order valence-electron chi connectivity index (χ2n) is 5.05. The molecule has 0 aliphatic carbocycles. The molecular formula is C12H23IN4O. The first kappa shape index (κ1) is 17.2. The fourth-order valence-electron chi connectivity index (χ4n) is 1.37. The number of nitrogens with one attached hydrogen (secondary N) is 1. The summed E-state index contributed by atoms with van der Waals surface area (Å²) < 4.78 is 5.54. The third-order valence-electron chi connectivity index (χ3n) is 2.14. The number of hydrogen-bond acceptors (Lipinski definition) is 3. The number of hydrogen-bond donors (Lipinski definition) is 2. The number of halogens is 1. The lowest BCUT2D eigenvalue weighted by Gasteiger charge is -2.20. The Morgan fingerprint density at radius 1 is 1.44 bits per heavy atom. The third-order valence-corrected chi connectivity index (χ3v) is 2.14. The fraction of sp³-hybridized carbons (Fsp3) is 0.667. The molecular weight excluding hydrogens is 343 g/mol. The minimum atomic E-state index is -0.0847. The lowest BCUT2D eigenvalue weighted by molar-refractivity contribution is 0.459. The lowest BCUT2D eigenvalue weighted by Crippen LogP contribution is -2.44. The molecule has 0 saturated heterocycles. The number of aliphatic imine (C=N–C) groups is 1. The van der Waals surface area contributed by atoms with Gasteiger partial charge in [0.1, 0.15) is 12.3 Å². The van der Waals surface area contributed by atoms with Gasteiger partial charge in [0.25, 0.3) is 0 Å². The SMILES string of the molecule is CCc1nc(C)c(CN=C(N)NC(C)(C)C)o1.I. The van der Waals surface area contributed by atoms with Crippen LogP contribution in [0.4, 0.5) is 0 Å². The Morgan fingerprint density at radius 2 is 2.06 bits per heavy atom. The molecule has 0 saturated carbocycles. The van der Waals surface area contributed by atoms with Crippen LogP contribution in [0.25, 0.3) is 0 Å². The van der Waals surface area contributed by atoms with Crippen LogP contribution in [0.3, 0.4) is 0 Å². The first-order valence-corrected chi connectivity index (χ1v) is 5.85. The fourth-order valence-corrected chi connectivity index (χ4v) is 1.37. The Bertz CT molecular complexity index is 407. The standard InChI is InChI=1S/C12H22N4O.HI/c1-6-10-15-8(2)9(17-10)7-14-11(13)16-12(3,4)5;/h6-7H2,1-5H3,(H3,13,14,16);1H. The number of oxazole rings is 1. The van der Waals surface area contributed by atoms with E-state index in [1.54, 1.807) is 0 Å². The maximum Gasteiger partial charge on any atom is 0.194 e. The van der Waals surface area contributed by atoms with Gasteiger partial charge in [0.2, 0.25) is 0 Å². The second kappa shape index (κ2) is 6.96. The van der Waals surface area contributed by atoms with Crippen LogP contribution in [-0.2, 0) is 13.0 Å². The van der Waals surface area contributed by atoms with Crippen LogP contribution >= 0.6 is 24.0 Å². The van der Waals surface area contributed by atoms with Gasteiger partial charge in [-0.25, -0.2) is 9.98 Å². The van der Waals surface area contributed by atoms with Crippen molar-refractivity contribution in [2.75, 3.05) is 0 Å². The number of nitrogens with two attached hydrogens (primary N) is 1. The van der Waals surface area contributed by atoms with Gasteiger partial charge in [-0.05, 0) is 27.7 Å². The Hall–Kier alpha value is -0.790. The highest BCUT2D eigenvalue weighted by atomic mass is 127. The summed E-state index contributed by atoms with van der Waals surface area (Å²) in [6.07, 6.45) is 0.792. The predicted molar refractivity (Wildman–Crippen MR) is 84.2 cm³/mol.